The molecule has 0 bridgehead atoms. The second-order valence-corrected chi connectivity index (χ2v) is 9.85. The first-order valence-corrected chi connectivity index (χ1v) is 13.5. The number of benzene rings is 2. The van der Waals surface area contributed by atoms with E-state index in [1.54, 1.807) is 6.92 Å². The molecule has 0 aromatic heterocycles. The number of hydrogen-bond donors (Lipinski definition) is 1. The Morgan fingerprint density at radius 1 is 1.14 bits per heavy atom. The Morgan fingerprint density at radius 2 is 1.92 bits per heavy atom. The van der Waals surface area contributed by atoms with Crippen LogP contribution in [0.3, 0.4) is 0 Å². The average Bonchev–Trinajstić information content (AvgIpc) is 3.28. The fourth-order valence-corrected chi connectivity index (χ4v) is 5.23. The predicted octanol–water partition coefficient (Wildman–Crippen LogP) is 5.71. The Balaban J connectivity index is 1.67. The van der Waals surface area contributed by atoms with Crippen molar-refractivity contribution in [3.8, 4) is 5.75 Å². The summed E-state index contributed by atoms with van der Waals surface area (Å²) in [6.07, 6.45) is 1.04. The maximum atomic E-state index is 13.2. The molecule has 0 unspecified atom stereocenters. The Kier molecular flexibility index (Phi) is 8.71. The molecule has 37 heavy (non-hydrogen) atoms. The van der Waals surface area contributed by atoms with E-state index in [1.807, 2.05) is 85.7 Å². The van der Waals surface area contributed by atoms with Gasteiger partial charge in [-0.1, -0.05) is 61.2 Å². The zero-order valence-electron chi connectivity index (χ0n) is 21.7. The molecule has 7 nitrogen and oxygen atoms in total. The number of allylic oxidation sites excluding steroid dienone is 1. The molecule has 2 aliphatic heterocycles. The SMILES string of the molecule is CCOC(=O)C1=C(C)N=C2SC=C(CC(=O)N[C@H](C)CC)N2[C@@H]1c1cccc(OCc2ccccc2)c1. The highest BCUT2D eigenvalue weighted by molar-refractivity contribution is 8.16. The van der Waals surface area contributed by atoms with Gasteiger partial charge in [0.05, 0.1) is 30.3 Å². The van der Waals surface area contributed by atoms with Crippen LogP contribution in [0.25, 0.3) is 0 Å². The number of amides is 1. The van der Waals surface area contributed by atoms with Crippen LogP contribution in [0, 0.1) is 0 Å². The van der Waals surface area contributed by atoms with Crippen LogP contribution >= 0.6 is 11.8 Å². The van der Waals surface area contributed by atoms with Gasteiger partial charge in [0.1, 0.15) is 12.4 Å². The third kappa shape index (κ3) is 6.25. The Hall–Kier alpha value is -3.52. The van der Waals surface area contributed by atoms with Crippen LogP contribution in [0.1, 0.15) is 57.7 Å². The average molecular weight is 520 g/mol. The van der Waals surface area contributed by atoms with E-state index in [-0.39, 0.29) is 25.0 Å². The lowest BCUT2D eigenvalue weighted by Gasteiger charge is -2.36. The molecule has 2 heterocycles. The fourth-order valence-electron chi connectivity index (χ4n) is 4.26. The standard InChI is InChI=1S/C29H33N3O4S/c1-5-19(3)30-25(33)16-23-18-37-29-31-20(4)26(28(34)35-6-2)27(32(23)29)22-13-10-14-24(15-22)36-17-21-11-8-7-9-12-21/h7-15,18-19,27H,5-6,16-17H2,1-4H3,(H,30,33)/t19-,27-/m1/s1. The largest absolute Gasteiger partial charge is 0.489 e. The summed E-state index contributed by atoms with van der Waals surface area (Å²) in [6, 6.07) is 17.3. The normalized spacial score (nSPS) is 17.5. The van der Waals surface area contributed by atoms with Crippen LogP contribution in [0.5, 0.6) is 5.75 Å². The van der Waals surface area contributed by atoms with Crippen molar-refractivity contribution in [3.05, 3.63) is 88.1 Å². The van der Waals surface area contributed by atoms with E-state index in [0.717, 1.165) is 28.4 Å². The van der Waals surface area contributed by atoms with E-state index in [1.165, 1.54) is 11.8 Å². The van der Waals surface area contributed by atoms with Crippen molar-refractivity contribution in [3.63, 3.8) is 0 Å². The number of esters is 1. The molecule has 2 atom stereocenters. The Bertz CT molecular complexity index is 1240. The summed E-state index contributed by atoms with van der Waals surface area (Å²) in [5.74, 6) is 0.215. The minimum Gasteiger partial charge on any atom is -0.489 e. The zero-order valence-corrected chi connectivity index (χ0v) is 22.5. The molecule has 0 radical (unpaired) electrons. The van der Waals surface area contributed by atoms with Gasteiger partial charge in [-0.25, -0.2) is 9.79 Å². The smallest absolute Gasteiger partial charge is 0.338 e. The molecule has 1 amide bonds. The second kappa shape index (κ2) is 12.1. The van der Waals surface area contributed by atoms with E-state index in [0.29, 0.717) is 23.6 Å². The molecule has 0 fully saturated rings. The van der Waals surface area contributed by atoms with Crippen molar-refractivity contribution in [2.75, 3.05) is 6.61 Å². The zero-order chi connectivity index (χ0) is 26.4. The van der Waals surface area contributed by atoms with Crippen molar-refractivity contribution < 1.29 is 19.1 Å². The lowest BCUT2D eigenvalue weighted by molar-refractivity contribution is -0.139. The number of hydrogen-bond acceptors (Lipinski definition) is 7. The van der Waals surface area contributed by atoms with Crippen LogP contribution in [0.15, 0.2) is 82.0 Å². The number of carbonyl (C=O) groups is 2. The minimum atomic E-state index is -0.496. The van der Waals surface area contributed by atoms with Gasteiger partial charge in [0.25, 0.3) is 0 Å². The highest BCUT2D eigenvalue weighted by Gasteiger charge is 2.41. The summed E-state index contributed by atoms with van der Waals surface area (Å²) >= 11 is 1.46. The molecule has 2 aromatic rings. The highest BCUT2D eigenvalue weighted by Crippen LogP contribution is 2.45. The first kappa shape index (κ1) is 26.5. The van der Waals surface area contributed by atoms with E-state index < -0.39 is 12.0 Å². The van der Waals surface area contributed by atoms with Crippen LogP contribution in [-0.4, -0.2) is 34.6 Å². The van der Waals surface area contributed by atoms with Gasteiger partial charge in [0.15, 0.2) is 5.17 Å². The third-order valence-electron chi connectivity index (χ3n) is 6.28. The molecule has 0 aliphatic carbocycles. The summed E-state index contributed by atoms with van der Waals surface area (Å²) in [5, 5.41) is 5.71. The Labute approximate surface area is 222 Å². The van der Waals surface area contributed by atoms with E-state index in [4.69, 9.17) is 14.5 Å². The van der Waals surface area contributed by atoms with Crippen LogP contribution in [0.2, 0.25) is 0 Å². The number of nitrogens with one attached hydrogen (secondary N) is 1. The highest BCUT2D eigenvalue weighted by atomic mass is 32.2. The van der Waals surface area contributed by atoms with Crippen molar-refractivity contribution in [1.82, 2.24) is 10.2 Å². The lowest BCUT2D eigenvalue weighted by Crippen LogP contribution is -2.39. The van der Waals surface area contributed by atoms with Crippen molar-refractivity contribution in [2.24, 2.45) is 4.99 Å². The molecule has 0 saturated carbocycles. The topological polar surface area (TPSA) is 80.2 Å². The van der Waals surface area contributed by atoms with Gasteiger partial charge in [0, 0.05) is 11.7 Å². The molecule has 1 N–H and O–H groups in total. The molecule has 4 rings (SSSR count). The number of carbonyl (C=O) groups excluding carboxylic acids is 2. The molecule has 2 aliphatic rings. The maximum Gasteiger partial charge on any atom is 0.338 e. The van der Waals surface area contributed by atoms with Gasteiger partial charge >= 0.3 is 5.97 Å². The summed E-state index contributed by atoms with van der Waals surface area (Å²) in [4.78, 5) is 32.7. The van der Waals surface area contributed by atoms with Crippen LogP contribution in [0.4, 0.5) is 0 Å². The van der Waals surface area contributed by atoms with Gasteiger partial charge in [-0.2, -0.15) is 0 Å². The number of fused-ring (bicyclic) bond motifs is 1. The number of nitrogens with zero attached hydrogens (tertiary/aromatic N) is 2. The van der Waals surface area contributed by atoms with Gasteiger partial charge < -0.3 is 19.7 Å². The lowest BCUT2D eigenvalue weighted by atomic mass is 9.93. The quantitative estimate of drug-likeness (QED) is 0.405. The number of thioether (sulfide) groups is 1. The van der Waals surface area contributed by atoms with Crippen molar-refractivity contribution >= 4 is 28.8 Å². The van der Waals surface area contributed by atoms with Crippen LogP contribution < -0.4 is 10.1 Å². The van der Waals surface area contributed by atoms with E-state index in [9.17, 15) is 9.59 Å². The van der Waals surface area contributed by atoms with Gasteiger partial charge in [-0.3, -0.25) is 4.79 Å². The number of rotatable bonds is 10. The van der Waals surface area contributed by atoms with Crippen molar-refractivity contribution in [1.29, 1.82) is 0 Å². The second-order valence-electron chi connectivity index (χ2n) is 9.01. The first-order valence-electron chi connectivity index (χ1n) is 12.6. The molecule has 8 heteroatoms. The first-order chi connectivity index (χ1) is 17.9. The molecule has 2 aromatic carbocycles. The molecular weight excluding hydrogens is 486 g/mol. The summed E-state index contributed by atoms with van der Waals surface area (Å²) < 4.78 is 11.5. The monoisotopic (exact) mass is 519 g/mol. The van der Waals surface area contributed by atoms with Crippen molar-refractivity contribution in [2.45, 2.75) is 59.2 Å². The minimum absolute atomic E-state index is 0.0647. The van der Waals surface area contributed by atoms with Gasteiger partial charge in [0.2, 0.25) is 5.91 Å². The number of amidine groups is 1. The molecule has 0 spiro atoms. The summed E-state index contributed by atoms with van der Waals surface area (Å²) in [6.45, 7) is 8.32. The molecule has 0 saturated heterocycles. The summed E-state index contributed by atoms with van der Waals surface area (Å²) in [5.41, 5.74) is 3.78. The Morgan fingerprint density at radius 3 is 2.65 bits per heavy atom. The third-order valence-corrected chi connectivity index (χ3v) is 7.17. The fraction of sp³-hybridized carbons (Fsp3) is 0.345. The molecular formula is C29H33N3O4S. The molecule has 194 valence electrons. The predicted molar refractivity (Wildman–Crippen MR) is 147 cm³/mol. The van der Waals surface area contributed by atoms with E-state index >= 15 is 0 Å². The van der Waals surface area contributed by atoms with E-state index in [2.05, 4.69) is 5.32 Å². The van der Waals surface area contributed by atoms with Crippen LogP contribution in [-0.2, 0) is 20.9 Å². The maximum absolute atomic E-state index is 13.2. The summed E-state index contributed by atoms with van der Waals surface area (Å²) in [7, 11) is 0. The number of aliphatic imine (C=N–C) groups is 1. The van der Waals surface area contributed by atoms with Gasteiger partial charge in [-0.05, 0) is 55.9 Å². The van der Waals surface area contributed by atoms with Gasteiger partial charge in [-0.15, -0.1) is 0 Å². The number of ether oxygens (including phenoxy) is 2.